The fourth-order valence-corrected chi connectivity index (χ4v) is 2.40. The number of ether oxygens (including phenoxy) is 1. The first-order chi connectivity index (χ1) is 10.9. The number of hydrogen-bond acceptors (Lipinski definition) is 7. The zero-order valence-corrected chi connectivity index (χ0v) is 12.4. The first-order valence-corrected chi connectivity index (χ1v) is 7.05. The van der Waals surface area contributed by atoms with E-state index in [4.69, 9.17) is 9.84 Å². The number of carbonyl (C=O) groups excluding carboxylic acids is 1. The van der Waals surface area contributed by atoms with Crippen LogP contribution in [0.1, 0.15) is 18.1 Å². The van der Waals surface area contributed by atoms with Crippen molar-refractivity contribution in [2.75, 3.05) is 13.7 Å². The molecule has 23 heavy (non-hydrogen) atoms. The second-order valence-electron chi connectivity index (χ2n) is 5.22. The van der Waals surface area contributed by atoms with E-state index in [9.17, 15) is 24.6 Å². The third-order valence-corrected chi connectivity index (χ3v) is 3.75. The highest BCUT2D eigenvalue weighted by atomic mass is 16.6. The lowest BCUT2D eigenvalue weighted by molar-refractivity contribution is -0.120. The summed E-state index contributed by atoms with van der Waals surface area (Å²) < 4.78 is 6.39. The first-order valence-electron chi connectivity index (χ1n) is 7.05. The third-order valence-electron chi connectivity index (χ3n) is 3.75. The zero-order valence-electron chi connectivity index (χ0n) is 12.4. The van der Waals surface area contributed by atoms with Gasteiger partial charge in [-0.25, -0.2) is 4.79 Å². The molecule has 128 valence electrons. The number of rotatable bonds is 5. The van der Waals surface area contributed by atoms with E-state index in [0.29, 0.717) is 0 Å². The van der Waals surface area contributed by atoms with E-state index in [-0.39, 0.29) is 24.4 Å². The van der Waals surface area contributed by atoms with E-state index in [0.717, 1.165) is 4.57 Å². The average molecular weight is 329 g/mol. The Balaban J connectivity index is 2.31. The van der Waals surface area contributed by atoms with Gasteiger partial charge in [-0.2, -0.15) is 0 Å². The number of H-pyrrole nitrogens is 1. The summed E-state index contributed by atoms with van der Waals surface area (Å²) in [6, 6.07) is 0. The lowest BCUT2D eigenvalue weighted by Gasteiger charge is -2.15. The van der Waals surface area contributed by atoms with Crippen molar-refractivity contribution in [3.05, 3.63) is 32.6 Å². The Labute approximate surface area is 130 Å². The van der Waals surface area contributed by atoms with Crippen LogP contribution in [-0.2, 0) is 16.1 Å². The number of carbonyl (C=O) groups is 1. The van der Waals surface area contributed by atoms with Gasteiger partial charge in [-0.1, -0.05) is 0 Å². The van der Waals surface area contributed by atoms with Gasteiger partial charge in [-0.3, -0.25) is 19.1 Å². The summed E-state index contributed by atoms with van der Waals surface area (Å²) in [4.78, 5) is 37.0. The van der Waals surface area contributed by atoms with Crippen molar-refractivity contribution in [2.24, 2.45) is 0 Å². The highest BCUT2D eigenvalue weighted by molar-refractivity contribution is 5.75. The van der Waals surface area contributed by atoms with Gasteiger partial charge in [0.15, 0.2) is 0 Å². The van der Waals surface area contributed by atoms with Gasteiger partial charge < -0.3 is 25.4 Å². The molecule has 1 aliphatic heterocycles. The van der Waals surface area contributed by atoms with Gasteiger partial charge in [0.05, 0.1) is 12.2 Å². The molecule has 2 heterocycles. The van der Waals surface area contributed by atoms with E-state index in [2.05, 4.69) is 10.3 Å². The summed E-state index contributed by atoms with van der Waals surface area (Å²) >= 11 is 0. The van der Waals surface area contributed by atoms with Gasteiger partial charge in [0.25, 0.3) is 5.56 Å². The summed E-state index contributed by atoms with van der Waals surface area (Å²) in [5.41, 5.74) is -1.53. The van der Waals surface area contributed by atoms with Crippen LogP contribution >= 0.6 is 0 Å². The molecule has 10 nitrogen and oxygen atoms in total. The predicted octanol–water partition coefficient (Wildman–Crippen LogP) is -3.17. The maximum atomic E-state index is 11.9. The number of hydrogen-bond donors (Lipinski definition) is 5. The molecule has 0 aliphatic carbocycles. The first kappa shape index (κ1) is 17.3. The van der Waals surface area contributed by atoms with Gasteiger partial charge in [-0.15, -0.1) is 0 Å². The molecule has 0 bridgehead atoms. The molecule has 1 saturated heterocycles. The molecule has 10 heteroatoms. The van der Waals surface area contributed by atoms with Crippen molar-refractivity contribution in [1.82, 2.24) is 14.9 Å². The van der Waals surface area contributed by atoms with Crippen LogP contribution < -0.4 is 16.6 Å². The number of aromatic amines is 1. The summed E-state index contributed by atoms with van der Waals surface area (Å²) in [6.07, 6.45) is -3.77. The van der Waals surface area contributed by atoms with Crippen molar-refractivity contribution in [2.45, 2.75) is 37.4 Å². The molecular formula is C13H19N3O7. The number of nitrogens with zero attached hydrogens (tertiary/aromatic N) is 1. The Bertz CT molecular complexity index is 683. The minimum absolute atomic E-state index is 0.0249. The Hall–Kier alpha value is -2.01. The lowest BCUT2D eigenvalue weighted by Crippen LogP contribution is -2.36. The van der Waals surface area contributed by atoms with Crippen LogP contribution in [0.4, 0.5) is 0 Å². The minimum atomic E-state index is -1.42. The van der Waals surface area contributed by atoms with E-state index in [1.807, 2.05) is 0 Å². The standard InChI is InChI=1S/C13H19N3O7/c1-14-8(18)2-3-16-4-6(12(21)15-13(16)22)11-10(20)9(19)7(5-17)23-11/h4,7,9-11,17,19-20H,2-3,5H2,1H3,(H,14,18)(H,15,21,22). The Morgan fingerprint density at radius 1 is 1.39 bits per heavy atom. The Morgan fingerprint density at radius 2 is 2.09 bits per heavy atom. The number of aromatic nitrogens is 2. The van der Waals surface area contributed by atoms with Crippen LogP contribution in [0.5, 0.6) is 0 Å². The monoisotopic (exact) mass is 329 g/mol. The average Bonchev–Trinajstić information content (AvgIpc) is 2.81. The molecule has 0 saturated carbocycles. The highest BCUT2D eigenvalue weighted by Gasteiger charge is 2.44. The fraction of sp³-hybridized carbons (Fsp3) is 0.615. The third kappa shape index (κ3) is 3.50. The van der Waals surface area contributed by atoms with E-state index in [1.54, 1.807) is 0 Å². The summed E-state index contributed by atoms with van der Waals surface area (Å²) in [5, 5.41) is 31.2. The van der Waals surface area contributed by atoms with E-state index in [1.165, 1.54) is 13.2 Å². The van der Waals surface area contributed by atoms with E-state index < -0.39 is 42.3 Å². The maximum absolute atomic E-state index is 11.9. The van der Waals surface area contributed by atoms with E-state index >= 15 is 0 Å². The molecule has 1 fully saturated rings. The predicted molar refractivity (Wildman–Crippen MR) is 76.7 cm³/mol. The maximum Gasteiger partial charge on any atom is 0.328 e. The Morgan fingerprint density at radius 3 is 2.65 bits per heavy atom. The van der Waals surface area contributed by atoms with Crippen LogP contribution in [0, 0.1) is 0 Å². The van der Waals surface area contributed by atoms with Crippen molar-refractivity contribution < 1.29 is 24.9 Å². The minimum Gasteiger partial charge on any atom is -0.394 e. The molecule has 1 aromatic rings. The van der Waals surface area contributed by atoms with Gasteiger partial charge in [-0.05, 0) is 0 Å². The molecule has 2 rings (SSSR count). The van der Waals surface area contributed by atoms with Crippen molar-refractivity contribution in [1.29, 1.82) is 0 Å². The van der Waals surface area contributed by atoms with Crippen LogP contribution in [-0.4, -0.2) is 62.7 Å². The largest absolute Gasteiger partial charge is 0.394 e. The van der Waals surface area contributed by atoms with Crippen molar-refractivity contribution >= 4 is 5.91 Å². The van der Waals surface area contributed by atoms with Gasteiger partial charge >= 0.3 is 5.69 Å². The Kier molecular flexibility index (Phi) is 5.31. The molecule has 4 unspecified atom stereocenters. The summed E-state index contributed by atoms with van der Waals surface area (Å²) in [6.45, 7) is -0.500. The van der Waals surface area contributed by atoms with Crippen molar-refractivity contribution in [3.63, 3.8) is 0 Å². The summed E-state index contributed by atoms with van der Waals surface area (Å²) in [5.74, 6) is -0.280. The van der Waals surface area contributed by atoms with Crippen molar-refractivity contribution in [3.8, 4) is 0 Å². The second kappa shape index (κ2) is 7.04. The number of aliphatic hydroxyl groups excluding tert-OH is 3. The molecule has 1 aliphatic rings. The highest BCUT2D eigenvalue weighted by Crippen LogP contribution is 2.31. The van der Waals surface area contributed by atoms with Gasteiger partial charge in [0.1, 0.15) is 24.4 Å². The SMILES string of the molecule is CNC(=O)CCn1cc(C2OC(CO)C(O)C2O)c(=O)[nH]c1=O. The van der Waals surface area contributed by atoms with Crippen LogP contribution in [0.25, 0.3) is 0 Å². The molecule has 5 N–H and O–H groups in total. The van der Waals surface area contributed by atoms with Crippen LogP contribution in [0.2, 0.25) is 0 Å². The summed E-state index contributed by atoms with van der Waals surface area (Å²) in [7, 11) is 1.46. The second-order valence-corrected chi connectivity index (χ2v) is 5.22. The molecule has 0 radical (unpaired) electrons. The number of aryl methyl sites for hydroxylation is 1. The quantitative estimate of drug-likeness (QED) is 0.382. The lowest BCUT2D eigenvalue weighted by atomic mass is 10.0. The molecular weight excluding hydrogens is 310 g/mol. The molecule has 0 spiro atoms. The molecule has 4 atom stereocenters. The molecule has 0 aromatic carbocycles. The number of nitrogens with one attached hydrogen (secondary N) is 2. The molecule has 1 aromatic heterocycles. The topological polar surface area (TPSA) is 154 Å². The fourth-order valence-electron chi connectivity index (χ4n) is 2.40. The number of amides is 1. The zero-order chi connectivity index (χ0) is 17.1. The van der Waals surface area contributed by atoms with Gasteiger partial charge in [0, 0.05) is 26.2 Å². The smallest absolute Gasteiger partial charge is 0.328 e. The molecule has 1 amide bonds. The number of aliphatic hydroxyl groups is 3. The van der Waals surface area contributed by atoms with Crippen LogP contribution in [0.15, 0.2) is 15.8 Å². The van der Waals surface area contributed by atoms with Gasteiger partial charge in [0.2, 0.25) is 5.91 Å². The van der Waals surface area contributed by atoms with Crippen LogP contribution in [0.3, 0.4) is 0 Å². The normalized spacial score (nSPS) is 27.1.